The number of rotatable bonds is 5. The Kier molecular flexibility index (Phi) is 4.21. The van der Waals surface area contributed by atoms with Crippen LogP contribution in [0.5, 0.6) is 0 Å². The second kappa shape index (κ2) is 5.88. The lowest BCUT2D eigenvalue weighted by Crippen LogP contribution is -2.11. The fraction of sp³-hybridized carbons (Fsp3) is 0.385. The number of aliphatic hydroxyl groups excluding tert-OH is 1. The zero-order valence-corrected chi connectivity index (χ0v) is 10.6. The molecule has 0 spiro atoms. The Labute approximate surface area is 109 Å². The maximum Gasteiger partial charge on any atom is 0.138 e. The topological polar surface area (TPSA) is 50.9 Å². The monoisotopic (exact) mass is 267 g/mol. The van der Waals surface area contributed by atoms with Crippen LogP contribution in [0.1, 0.15) is 30.8 Å². The fourth-order valence-electron chi connectivity index (χ4n) is 1.90. The van der Waals surface area contributed by atoms with Gasteiger partial charge in [-0.3, -0.25) is 4.68 Å². The summed E-state index contributed by atoms with van der Waals surface area (Å²) >= 11 is 0. The van der Waals surface area contributed by atoms with Crippen molar-refractivity contribution in [3.8, 4) is 0 Å². The summed E-state index contributed by atoms with van der Waals surface area (Å²) in [5, 5.41) is 14.0. The Morgan fingerprint density at radius 3 is 2.84 bits per heavy atom. The standard InChI is InChI=1S/C13H15F2N3O/c1-2-5-18-13(16-8-17-18)7-12(19)10-4-3-9(14)6-11(10)15/h3-4,6,8,12,19H,2,5,7H2,1H3. The number of benzene rings is 1. The van der Waals surface area contributed by atoms with E-state index in [0.717, 1.165) is 18.6 Å². The normalized spacial score (nSPS) is 12.6. The van der Waals surface area contributed by atoms with Gasteiger partial charge < -0.3 is 5.11 Å². The maximum absolute atomic E-state index is 13.5. The van der Waals surface area contributed by atoms with Gasteiger partial charge in [-0.1, -0.05) is 13.0 Å². The Morgan fingerprint density at radius 1 is 1.37 bits per heavy atom. The van der Waals surface area contributed by atoms with Gasteiger partial charge in [0.2, 0.25) is 0 Å². The summed E-state index contributed by atoms with van der Waals surface area (Å²) in [5.41, 5.74) is 0.0625. The van der Waals surface area contributed by atoms with E-state index in [1.54, 1.807) is 4.68 Å². The van der Waals surface area contributed by atoms with E-state index in [1.807, 2.05) is 6.92 Å². The van der Waals surface area contributed by atoms with E-state index >= 15 is 0 Å². The molecule has 1 aromatic carbocycles. The third-order valence-corrected chi connectivity index (χ3v) is 2.83. The van der Waals surface area contributed by atoms with Gasteiger partial charge in [0.05, 0.1) is 6.10 Å². The van der Waals surface area contributed by atoms with Crippen LogP contribution in [0.25, 0.3) is 0 Å². The number of nitrogens with zero attached hydrogens (tertiary/aromatic N) is 3. The molecule has 102 valence electrons. The summed E-state index contributed by atoms with van der Waals surface area (Å²) in [6, 6.07) is 3.13. The van der Waals surface area contributed by atoms with Gasteiger partial charge in [-0.25, -0.2) is 13.8 Å². The first kappa shape index (κ1) is 13.6. The first-order chi connectivity index (χ1) is 9.11. The number of aliphatic hydroxyl groups is 1. The largest absolute Gasteiger partial charge is 0.388 e. The summed E-state index contributed by atoms with van der Waals surface area (Å²) in [4.78, 5) is 4.04. The molecule has 1 atom stereocenters. The first-order valence-electron chi connectivity index (χ1n) is 6.11. The average molecular weight is 267 g/mol. The number of aromatic nitrogens is 3. The molecule has 0 aliphatic carbocycles. The summed E-state index contributed by atoms with van der Waals surface area (Å²) in [5.74, 6) is -0.838. The van der Waals surface area contributed by atoms with Gasteiger partial charge in [0.15, 0.2) is 0 Å². The van der Waals surface area contributed by atoms with Crippen molar-refractivity contribution in [2.75, 3.05) is 0 Å². The lowest BCUT2D eigenvalue weighted by Gasteiger charge is -2.12. The number of halogens is 2. The van der Waals surface area contributed by atoms with Crippen LogP contribution in [0.3, 0.4) is 0 Å². The van der Waals surface area contributed by atoms with Crippen molar-refractivity contribution in [1.29, 1.82) is 0 Å². The molecule has 2 aromatic rings. The highest BCUT2D eigenvalue weighted by molar-refractivity contribution is 5.21. The minimum Gasteiger partial charge on any atom is -0.388 e. The summed E-state index contributed by atoms with van der Waals surface area (Å²) in [6.45, 7) is 2.69. The molecular weight excluding hydrogens is 252 g/mol. The molecule has 1 N–H and O–H groups in total. The molecule has 0 fully saturated rings. The van der Waals surface area contributed by atoms with Crippen molar-refractivity contribution in [3.05, 3.63) is 47.5 Å². The van der Waals surface area contributed by atoms with Crippen molar-refractivity contribution < 1.29 is 13.9 Å². The molecule has 6 heteroatoms. The molecule has 0 bridgehead atoms. The quantitative estimate of drug-likeness (QED) is 0.904. The van der Waals surface area contributed by atoms with Crippen LogP contribution in [0.4, 0.5) is 8.78 Å². The van der Waals surface area contributed by atoms with Gasteiger partial charge in [-0.2, -0.15) is 5.10 Å². The summed E-state index contributed by atoms with van der Waals surface area (Å²) < 4.78 is 28.0. The third-order valence-electron chi connectivity index (χ3n) is 2.83. The maximum atomic E-state index is 13.5. The second-order valence-corrected chi connectivity index (χ2v) is 4.29. The number of aryl methyl sites for hydroxylation is 1. The molecule has 0 saturated heterocycles. The Balaban J connectivity index is 2.16. The van der Waals surface area contributed by atoms with E-state index in [2.05, 4.69) is 10.1 Å². The van der Waals surface area contributed by atoms with Crippen LogP contribution >= 0.6 is 0 Å². The van der Waals surface area contributed by atoms with E-state index in [1.165, 1.54) is 12.4 Å². The van der Waals surface area contributed by atoms with Crippen LogP contribution in [-0.4, -0.2) is 19.9 Å². The van der Waals surface area contributed by atoms with Crippen molar-refractivity contribution in [2.45, 2.75) is 32.4 Å². The van der Waals surface area contributed by atoms with Gasteiger partial charge in [0, 0.05) is 24.6 Å². The van der Waals surface area contributed by atoms with E-state index in [9.17, 15) is 13.9 Å². The molecule has 0 saturated carbocycles. The minimum absolute atomic E-state index is 0.0625. The van der Waals surface area contributed by atoms with Gasteiger partial charge in [0.25, 0.3) is 0 Å². The lowest BCUT2D eigenvalue weighted by molar-refractivity contribution is 0.169. The molecule has 0 amide bonds. The molecule has 1 aromatic heterocycles. The second-order valence-electron chi connectivity index (χ2n) is 4.29. The van der Waals surface area contributed by atoms with Gasteiger partial charge in [0.1, 0.15) is 23.8 Å². The zero-order valence-electron chi connectivity index (χ0n) is 10.6. The predicted molar refractivity (Wildman–Crippen MR) is 65.3 cm³/mol. The third kappa shape index (κ3) is 3.14. The van der Waals surface area contributed by atoms with Crippen LogP contribution in [0, 0.1) is 11.6 Å². The SMILES string of the molecule is CCCn1ncnc1CC(O)c1ccc(F)cc1F. The fourth-order valence-corrected chi connectivity index (χ4v) is 1.90. The van der Waals surface area contributed by atoms with E-state index in [4.69, 9.17) is 0 Å². The average Bonchev–Trinajstić information content (AvgIpc) is 2.77. The molecule has 19 heavy (non-hydrogen) atoms. The lowest BCUT2D eigenvalue weighted by atomic mass is 10.1. The van der Waals surface area contributed by atoms with Crippen molar-refractivity contribution >= 4 is 0 Å². The summed E-state index contributed by atoms with van der Waals surface area (Å²) in [7, 11) is 0. The highest BCUT2D eigenvalue weighted by atomic mass is 19.1. The first-order valence-corrected chi connectivity index (χ1v) is 6.11. The van der Waals surface area contributed by atoms with Gasteiger partial charge >= 0.3 is 0 Å². The molecule has 0 aliphatic rings. The van der Waals surface area contributed by atoms with Crippen LogP contribution in [0.2, 0.25) is 0 Å². The smallest absolute Gasteiger partial charge is 0.138 e. The van der Waals surface area contributed by atoms with E-state index in [-0.39, 0.29) is 12.0 Å². The Bertz CT molecular complexity index is 557. The Hall–Kier alpha value is -1.82. The number of hydrogen-bond donors (Lipinski definition) is 1. The van der Waals surface area contributed by atoms with Crippen molar-refractivity contribution in [3.63, 3.8) is 0 Å². The molecule has 1 heterocycles. The zero-order chi connectivity index (χ0) is 13.8. The highest BCUT2D eigenvalue weighted by Crippen LogP contribution is 2.21. The van der Waals surface area contributed by atoms with Crippen molar-refractivity contribution in [1.82, 2.24) is 14.8 Å². The van der Waals surface area contributed by atoms with Crippen molar-refractivity contribution in [2.24, 2.45) is 0 Å². The molecule has 4 nitrogen and oxygen atoms in total. The molecule has 0 radical (unpaired) electrons. The van der Waals surface area contributed by atoms with E-state index in [0.29, 0.717) is 12.4 Å². The predicted octanol–water partition coefficient (Wildman–Crippen LogP) is 2.24. The minimum atomic E-state index is -1.07. The highest BCUT2D eigenvalue weighted by Gasteiger charge is 2.17. The molecule has 1 unspecified atom stereocenters. The number of hydrogen-bond acceptors (Lipinski definition) is 3. The van der Waals surface area contributed by atoms with Crippen LogP contribution < -0.4 is 0 Å². The van der Waals surface area contributed by atoms with Gasteiger partial charge in [-0.05, 0) is 12.5 Å². The van der Waals surface area contributed by atoms with Gasteiger partial charge in [-0.15, -0.1) is 0 Å². The van der Waals surface area contributed by atoms with Crippen LogP contribution in [0.15, 0.2) is 24.5 Å². The molecular formula is C13H15F2N3O. The van der Waals surface area contributed by atoms with Crippen LogP contribution in [-0.2, 0) is 13.0 Å². The Morgan fingerprint density at radius 2 is 2.16 bits per heavy atom. The van der Waals surface area contributed by atoms with E-state index < -0.39 is 17.7 Å². The molecule has 2 rings (SSSR count). The molecule has 0 aliphatic heterocycles. The summed E-state index contributed by atoms with van der Waals surface area (Å²) in [6.07, 6.45) is 1.36.